The zero-order chi connectivity index (χ0) is 35.0. The number of fused-ring (bicyclic) bond motifs is 3. The van der Waals surface area contributed by atoms with E-state index in [0.717, 1.165) is 55.4 Å². The molecule has 4 aliphatic carbocycles. The molecule has 10 nitrogen and oxygen atoms in total. The van der Waals surface area contributed by atoms with Gasteiger partial charge in [0.25, 0.3) is 0 Å². The van der Waals surface area contributed by atoms with Crippen molar-refractivity contribution in [3.63, 3.8) is 0 Å². The Morgan fingerprint density at radius 2 is 1.74 bits per heavy atom. The first-order valence-corrected chi connectivity index (χ1v) is 18.7. The maximum atomic E-state index is 14.7. The smallest absolute Gasteiger partial charge is 0.410 e. The predicted molar refractivity (Wildman–Crippen MR) is 192 cm³/mol. The van der Waals surface area contributed by atoms with Crippen molar-refractivity contribution in [1.29, 1.82) is 0 Å². The summed E-state index contributed by atoms with van der Waals surface area (Å²) in [4.78, 5) is 35.8. The molecule has 3 heterocycles. The number of aromatic nitrogens is 3. The number of hydrogen-bond acceptors (Lipinski definition) is 7. The van der Waals surface area contributed by atoms with Crippen LogP contribution in [0.25, 0.3) is 11.1 Å². The third-order valence-electron chi connectivity index (χ3n) is 12.4. The molecule has 1 N–H and O–H groups in total. The Bertz CT molecular complexity index is 1670. The largest absolute Gasteiger partial charge is 0.496 e. The number of methoxy groups -OCH3 is 1. The van der Waals surface area contributed by atoms with Gasteiger partial charge in [-0.2, -0.15) is 5.10 Å². The van der Waals surface area contributed by atoms with Gasteiger partial charge in [-0.3, -0.25) is 14.4 Å². The molecular weight excluding hydrogens is 630 g/mol. The van der Waals surface area contributed by atoms with Crippen LogP contribution in [-0.4, -0.2) is 75.7 Å². The molecule has 3 aromatic rings. The van der Waals surface area contributed by atoms with Gasteiger partial charge in [-0.25, -0.2) is 9.78 Å². The summed E-state index contributed by atoms with van der Waals surface area (Å²) in [7, 11) is 1.73. The van der Waals surface area contributed by atoms with E-state index in [1.807, 2.05) is 28.0 Å². The number of hydrogen-bond donors (Lipinski definition) is 1. The highest BCUT2D eigenvalue weighted by molar-refractivity contribution is 5.95. The topological polar surface area (TPSA) is 110 Å². The molecule has 5 fully saturated rings. The molecule has 10 heteroatoms. The normalized spacial score (nSPS) is 27.8. The van der Waals surface area contributed by atoms with E-state index in [4.69, 9.17) is 14.5 Å². The van der Waals surface area contributed by atoms with Crippen LogP contribution in [0.1, 0.15) is 102 Å². The van der Waals surface area contributed by atoms with Crippen LogP contribution in [-0.2, 0) is 14.9 Å². The summed E-state index contributed by atoms with van der Waals surface area (Å²) in [6.07, 6.45) is 14.6. The molecule has 4 saturated carbocycles. The average molecular weight is 684 g/mol. The van der Waals surface area contributed by atoms with E-state index in [2.05, 4.69) is 56.3 Å². The van der Waals surface area contributed by atoms with Crippen molar-refractivity contribution in [1.82, 2.24) is 19.7 Å². The maximum absolute atomic E-state index is 14.7. The molecule has 8 rings (SSSR count). The lowest BCUT2D eigenvalue weighted by Crippen LogP contribution is -2.52. The number of anilines is 1. The molecule has 0 spiro atoms. The minimum absolute atomic E-state index is 0.0478. The molecule has 1 atom stereocenters. The standard InChI is InChI=1S/C40H53N5O5/c1-27(2)45-24-31(23-42-45)30-11-19-41-36(22-30)44(37(47)29-5-8-34(9-6-29)50-38(48)43-20-12-33(46)25-43)26-39-13-16-40(17-14-39,18-15-39)32-7-10-35(49-4)28(3)21-32/h7,10-11,19,21-24,27,29,33-34,46H,5-6,8-9,12-18,20,25-26H2,1-4H3. The zero-order valence-corrected chi connectivity index (χ0v) is 30.1. The molecule has 1 unspecified atom stereocenters. The Morgan fingerprint density at radius 3 is 2.36 bits per heavy atom. The van der Waals surface area contributed by atoms with Gasteiger partial charge < -0.3 is 19.5 Å². The molecule has 2 bridgehead atoms. The van der Waals surface area contributed by atoms with E-state index in [1.54, 1.807) is 12.0 Å². The number of rotatable bonds is 9. The Hall–Kier alpha value is -3.92. The summed E-state index contributed by atoms with van der Waals surface area (Å²) in [5.41, 5.74) is 4.85. The molecule has 0 radical (unpaired) electrons. The van der Waals surface area contributed by atoms with Gasteiger partial charge in [0.2, 0.25) is 5.91 Å². The first-order valence-electron chi connectivity index (χ1n) is 18.7. The van der Waals surface area contributed by atoms with Gasteiger partial charge in [0.05, 0.1) is 19.4 Å². The minimum Gasteiger partial charge on any atom is -0.496 e. The third kappa shape index (κ3) is 6.88. The number of carbonyl (C=O) groups is 2. The van der Waals surface area contributed by atoms with Crippen LogP contribution in [0.15, 0.2) is 48.9 Å². The van der Waals surface area contributed by atoms with Crippen LogP contribution in [0, 0.1) is 18.3 Å². The van der Waals surface area contributed by atoms with E-state index in [-0.39, 0.29) is 40.9 Å². The number of ether oxygens (including phenoxy) is 2. The second kappa shape index (κ2) is 14.0. The Labute approximate surface area is 296 Å². The summed E-state index contributed by atoms with van der Waals surface area (Å²) >= 11 is 0. The van der Waals surface area contributed by atoms with Crippen LogP contribution in [0.2, 0.25) is 0 Å². The maximum Gasteiger partial charge on any atom is 0.410 e. The minimum atomic E-state index is -0.476. The molecule has 2 amide bonds. The number of aliphatic hydroxyl groups excluding tert-OH is 1. The van der Waals surface area contributed by atoms with Crippen molar-refractivity contribution in [2.24, 2.45) is 11.3 Å². The van der Waals surface area contributed by atoms with Gasteiger partial charge in [-0.1, -0.05) is 12.1 Å². The molecule has 1 aliphatic heterocycles. The Kier molecular flexibility index (Phi) is 9.67. The lowest BCUT2D eigenvalue weighted by molar-refractivity contribution is -0.124. The molecule has 1 aromatic carbocycles. The first kappa shape index (κ1) is 34.5. The quantitative estimate of drug-likeness (QED) is 0.253. The van der Waals surface area contributed by atoms with Crippen LogP contribution >= 0.6 is 0 Å². The predicted octanol–water partition coefficient (Wildman–Crippen LogP) is 7.23. The van der Waals surface area contributed by atoms with E-state index >= 15 is 0 Å². The van der Waals surface area contributed by atoms with Crippen molar-refractivity contribution in [2.45, 2.75) is 115 Å². The number of pyridine rings is 1. The molecule has 1 saturated heterocycles. The number of likely N-dealkylation sites (tertiary alicyclic amines) is 1. The lowest BCUT2D eigenvalue weighted by atomic mass is 9.51. The summed E-state index contributed by atoms with van der Waals surface area (Å²) in [6, 6.07) is 11.0. The van der Waals surface area contributed by atoms with Crippen molar-refractivity contribution < 1.29 is 24.2 Å². The molecule has 5 aliphatic rings. The highest BCUT2D eigenvalue weighted by atomic mass is 16.6. The fourth-order valence-corrected chi connectivity index (χ4v) is 9.04. The summed E-state index contributed by atoms with van der Waals surface area (Å²) in [6.45, 7) is 7.87. The second-order valence-corrected chi connectivity index (χ2v) is 15.8. The molecule has 268 valence electrons. The van der Waals surface area contributed by atoms with E-state index in [9.17, 15) is 14.7 Å². The fourth-order valence-electron chi connectivity index (χ4n) is 9.04. The van der Waals surface area contributed by atoms with Gasteiger partial charge in [0, 0.05) is 49.6 Å². The molecule has 50 heavy (non-hydrogen) atoms. The van der Waals surface area contributed by atoms with E-state index in [0.29, 0.717) is 57.6 Å². The summed E-state index contributed by atoms with van der Waals surface area (Å²) in [5, 5.41) is 14.4. The number of aryl methyl sites for hydroxylation is 1. The number of nitrogens with zero attached hydrogens (tertiary/aromatic N) is 5. The summed E-state index contributed by atoms with van der Waals surface area (Å²) in [5.74, 6) is 1.61. The SMILES string of the molecule is COc1ccc(C23CCC(CN(C(=O)C4CCC(OC(=O)N5CCC(O)C5)CC4)c4cc(-c5cnn(C(C)C)c5)ccn4)(CC2)CC3)cc1C. The van der Waals surface area contributed by atoms with Crippen molar-refractivity contribution in [3.8, 4) is 16.9 Å². The van der Waals surface area contributed by atoms with Crippen molar-refractivity contribution in [2.75, 3.05) is 31.6 Å². The van der Waals surface area contributed by atoms with Crippen molar-refractivity contribution >= 4 is 17.8 Å². The van der Waals surface area contributed by atoms with Crippen LogP contribution in [0.5, 0.6) is 5.75 Å². The number of aliphatic hydroxyl groups is 1. The molecular formula is C40H53N5O5. The first-order chi connectivity index (χ1) is 24.1. The van der Waals surface area contributed by atoms with Crippen LogP contribution in [0.3, 0.4) is 0 Å². The second-order valence-electron chi connectivity index (χ2n) is 15.8. The van der Waals surface area contributed by atoms with Gasteiger partial charge >= 0.3 is 6.09 Å². The number of benzene rings is 1. The van der Waals surface area contributed by atoms with Crippen LogP contribution < -0.4 is 9.64 Å². The lowest BCUT2D eigenvalue weighted by Gasteiger charge is -2.55. The van der Waals surface area contributed by atoms with E-state index < -0.39 is 6.10 Å². The Morgan fingerprint density at radius 1 is 1.00 bits per heavy atom. The fraction of sp³-hybridized carbons (Fsp3) is 0.600. The number of amides is 2. The number of β-amino-alcohol motifs (C(OH)–C–C–N with tert-alkyl or cyclic N) is 1. The third-order valence-corrected chi connectivity index (χ3v) is 12.4. The van der Waals surface area contributed by atoms with Gasteiger partial charge in [-0.05, 0) is 137 Å². The van der Waals surface area contributed by atoms with Crippen LogP contribution in [0.4, 0.5) is 10.6 Å². The number of carbonyl (C=O) groups excluding carboxylic acids is 2. The van der Waals surface area contributed by atoms with Crippen molar-refractivity contribution in [3.05, 3.63) is 60.0 Å². The molecule has 2 aromatic heterocycles. The van der Waals surface area contributed by atoms with Gasteiger partial charge in [-0.15, -0.1) is 0 Å². The zero-order valence-electron chi connectivity index (χ0n) is 30.1. The van der Waals surface area contributed by atoms with E-state index in [1.165, 1.54) is 11.1 Å². The van der Waals surface area contributed by atoms with Gasteiger partial charge in [0.1, 0.15) is 17.7 Å². The highest BCUT2D eigenvalue weighted by Crippen LogP contribution is 2.58. The average Bonchev–Trinajstić information content (AvgIpc) is 3.82. The monoisotopic (exact) mass is 683 g/mol. The highest BCUT2D eigenvalue weighted by Gasteiger charge is 2.51. The summed E-state index contributed by atoms with van der Waals surface area (Å²) < 4.78 is 13.3. The Balaban J connectivity index is 1.09. The van der Waals surface area contributed by atoms with Gasteiger partial charge in [0.15, 0.2) is 0 Å².